The smallest absolute Gasteiger partial charge is 0.150 e. The molecule has 0 saturated carbocycles. The molecule has 0 N–H and O–H groups in total. The maximum Gasteiger partial charge on any atom is 0.150 e. The van der Waals surface area contributed by atoms with Crippen molar-refractivity contribution in [2.45, 2.75) is 0 Å². The summed E-state index contributed by atoms with van der Waals surface area (Å²) in [6.45, 7) is 0. The summed E-state index contributed by atoms with van der Waals surface area (Å²) in [5.74, 6) is -1.24. The molecule has 0 bridgehead atoms. The number of rotatable bonds is 2. The van der Waals surface area contributed by atoms with Crippen LogP contribution in [-0.4, -0.2) is 9.36 Å². The predicted molar refractivity (Wildman–Crippen MR) is 93.2 cm³/mol. The highest BCUT2D eigenvalue weighted by molar-refractivity contribution is 7.14. The fourth-order valence-electron chi connectivity index (χ4n) is 2.67. The Morgan fingerprint density at radius 1 is 0.917 bits per heavy atom. The molecule has 2 aromatic carbocycles. The van der Waals surface area contributed by atoms with Crippen molar-refractivity contribution in [2.75, 3.05) is 0 Å². The average molecular weight is 359 g/mol. The van der Waals surface area contributed by atoms with Crippen molar-refractivity contribution < 1.29 is 8.78 Å². The first-order valence-corrected chi connectivity index (χ1v) is 8.24. The van der Waals surface area contributed by atoms with Gasteiger partial charge in [0.2, 0.25) is 0 Å². The van der Waals surface area contributed by atoms with Crippen LogP contribution < -0.4 is 0 Å². The molecule has 0 unspecified atom stereocenters. The van der Waals surface area contributed by atoms with E-state index in [2.05, 4.69) is 9.36 Å². The van der Waals surface area contributed by atoms with E-state index in [0.717, 1.165) is 22.7 Å². The Hall–Kier alpha value is -2.37. The zero-order chi connectivity index (χ0) is 16.7. The Morgan fingerprint density at radius 3 is 2.33 bits per heavy atom. The zero-order valence-electron chi connectivity index (χ0n) is 12.1. The lowest BCUT2D eigenvalue weighted by Gasteiger charge is -2.10. The molecule has 118 valence electrons. The molecule has 0 amide bonds. The first kappa shape index (κ1) is 15.2. The third-order valence-corrected chi connectivity index (χ3v) is 5.06. The van der Waals surface area contributed by atoms with Gasteiger partial charge in [-0.25, -0.2) is 8.78 Å². The number of aromatic nitrogens is 2. The highest BCUT2D eigenvalue weighted by Gasteiger charge is 2.18. The van der Waals surface area contributed by atoms with E-state index in [-0.39, 0.29) is 5.56 Å². The van der Waals surface area contributed by atoms with E-state index in [4.69, 9.17) is 11.6 Å². The van der Waals surface area contributed by atoms with Crippen LogP contribution in [0.5, 0.6) is 0 Å². The van der Waals surface area contributed by atoms with Gasteiger partial charge in [-0.2, -0.15) is 4.37 Å². The van der Waals surface area contributed by atoms with Gasteiger partial charge in [0.25, 0.3) is 0 Å². The van der Waals surface area contributed by atoms with Crippen molar-refractivity contribution in [2.24, 2.45) is 0 Å². The molecule has 0 radical (unpaired) electrons. The Bertz CT molecular complexity index is 1030. The van der Waals surface area contributed by atoms with E-state index >= 15 is 0 Å². The number of halogens is 3. The third-order valence-electron chi connectivity index (χ3n) is 3.77. The van der Waals surface area contributed by atoms with Crippen LogP contribution in [0.25, 0.3) is 32.3 Å². The van der Waals surface area contributed by atoms with Gasteiger partial charge in [-0.1, -0.05) is 17.7 Å². The molecule has 0 aliphatic heterocycles. The lowest BCUT2D eigenvalue weighted by atomic mass is 9.97. The first-order chi connectivity index (χ1) is 11.6. The molecule has 24 heavy (non-hydrogen) atoms. The molecule has 2 aromatic heterocycles. The summed E-state index contributed by atoms with van der Waals surface area (Å²) in [6, 6.07) is 11.1. The van der Waals surface area contributed by atoms with Gasteiger partial charge in [0.15, 0.2) is 5.15 Å². The summed E-state index contributed by atoms with van der Waals surface area (Å²) >= 11 is 7.30. The molecule has 0 aliphatic rings. The maximum atomic E-state index is 14.3. The van der Waals surface area contributed by atoms with Crippen molar-refractivity contribution >= 4 is 33.2 Å². The van der Waals surface area contributed by atoms with Crippen LogP contribution in [0.2, 0.25) is 5.15 Å². The Morgan fingerprint density at radius 2 is 1.62 bits per heavy atom. The molecule has 6 heteroatoms. The number of pyridine rings is 1. The van der Waals surface area contributed by atoms with E-state index in [1.807, 2.05) is 18.2 Å². The highest BCUT2D eigenvalue weighted by Crippen LogP contribution is 2.40. The normalized spacial score (nSPS) is 11.1. The van der Waals surface area contributed by atoms with E-state index in [9.17, 15) is 8.78 Å². The monoisotopic (exact) mass is 358 g/mol. The van der Waals surface area contributed by atoms with Crippen LogP contribution in [0.3, 0.4) is 0 Å². The van der Waals surface area contributed by atoms with Crippen LogP contribution in [0, 0.1) is 11.6 Å². The van der Waals surface area contributed by atoms with Gasteiger partial charge in [0, 0.05) is 23.3 Å². The van der Waals surface area contributed by atoms with E-state index < -0.39 is 11.6 Å². The zero-order valence-corrected chi connectivity index (χ0v) is 13.7. The lowest BCUT2D eigenvalue weighted by Crippen LogP contribution is -1.91. The van der Waals surface area contributed by atoms with Crippen LogP contribution in [0.1, 0.15) is 0 Å². The predicted octanol–water partition coefficient (Wildman–Crippen LogP) is 5.96. The van der Waals surface area contributed by atoms with Crippen molar-refractivity contribution in [3.05, 3.63) is 71.6 Å². The van der Waals surface area contributed by atoms with E-state index in [1.54, 1.807) is 18.5 Å². The van der Waals surface area contributed by atoms with Crippen molar-refractivity contribution in [1.82, 2.24) is 9.36 Å². The number of nitrogens with zero attached hydrogens (tertiary/aromatic N) is 2. The summed E-state index contributed by atoms with van der Waals surface area (Å²) < 4.78 is 33.4. The maximum absolute atomic E-state index is 14.3. The van der Waals surface area contributed by atoms with Crippen LogP contribution in [0.4, 0.5) is 8.78 Å². The largest absolute Gasteiger partial charge is 0.265 e. The first-order valence-electron chi connectivity index (χ1n) is 7.09. The molecular formula is C18H9ClF2N2S. The molecule has 4 aromatic rings. The van der Waals surface area contributed by atoms with Crippen molar-refractivity contribution in [3.63, 3.8) is 0 Å². The van der Waals surface area contributed by atoms with E-state index in [0.29, 0.717) is 20.8 Å². The third kappa shape index (κ3) is 2.46. The van der Waals surface area contributed by atoms with Crippen LogP contribution >= 0.6 is 23.1 Å². The Balaban J connectivity index is 2.08. The topological polar surface area (TPSA) is 25.8 Å². The lowest BCUT2D eigenvalue weighted by molar-refractivity contribution is 0.590. The second-order valence-electron chi connectivity index (χ2n) is 5.21. The molecule has 0 aliphatic carbocycles. The van der Waals surface area contributed by atoms with Crippen molar-refractivity contribution in [3.8, 4) is 22.3 Å². The quantitative estimate of drug-likeness (QED) is 0.442. The average Bonchev–Trinajstić information content (AvgIpc) is 2.97. The van der Waals surface area contributed by atoms with Gasteiger partial charge < -0.3 is 0 Å². The minimum atomic E-state index is -0.618. The van der Waals surface area contributed by atoms with E-state index in [1.165, 1.54) is 18.2 Å². The molecule has 0 saturated heterocycles. The fraction of sp³-hybridized carbons (Fsp3) is 0. The number of fused-ring (bicyclic) bond motifs is 1. The fourth-order valence-corrected chi connectivity index (χ4v) is 3.76. The molecule has 0 atom stereocenters. The highest BCUT2D eigenvalue weighted by atomic mass is 35.5. The SMILES string of the molecule is Fc1cccc(F)c1-c1cc(-c2ccncc2)cc2c(Cl)nsc12. The molecular weight excluding hydrogens is 350 g/mol. The number of hydrogen-bond acceptors (Lipinski definition) is 3. The van der Waals surface area contributed by atoms with Gasteiger partial charge >= 0.3 is 0 Å². The number of hydrogen-bond donors (Lipinski definition) is 0. The van der Waals surface area contributed by atoms with Crippen LogP contribution in [0.15, 0.2) is 54.9 Å². The molecule has 2 nitrogen and oxygen atoms in total. The minimum Gasteiger partial charge on any atom is -0.265 e. The van der Waals surface area contributed by atoms with Crippen LogP contribution in [-0.2, 0) is 0 Å². The van der Waals surface area contributed by atoms with Gasteiger partial charge in [-0.05, 0) is 59.1 Å². The summed E-state index contributed by atoms with van der Waals surface area (Å²) in [6.07, 6.45) is 3.33. The number of benzene rings is 2. The molecule has 2 heterocycles. The summed E-state index contributed by atoms with van der Waals surface area (Å²) in [5, 5.41) is 0.998. The van der Waals surface area contributed by atoms with Gasteiger partial charge in [-0.15, -0.1) is 0 Å². The minimum absolute atomic E-state index is 0.0706. The van der Waals surface area contributed by atoms with Crippen molar-refractivity contribution in [1.29, 1.82) is 0 Å². The standard InChI is InChI=1S/C18H9ClF2N2S/c19-18-13-9-11(10-4-6-22-7-5-10)8-12(17(13)24-23-18)16-14(20)2-1-3-15(16)21/h1-9H. The summed E-state index contributed by atoms with van der Waals surface area (Å²) in [4.78, 5) is 3.99. The molecule has 4 rings (SSSR count). The Labute approximate surface area is 145 Å². The molecule has 0 fully saturated rings. The second-order valence-corrected chi connectivity index (χ2v) is 6.34. The van der Waals surface area contributed by atoms with Gasteiger partial charge in [-0.3, -0.25) is 4.98 Å². The van der Waals surface area contributed by atoms with Gasteiger partial charge in [0.1, 0.15) is 11.6 Å². The Kier molecular flexibility index (Phi) is 3.75. The summed E-state index contributed by atoms with van der Waals surface area (Å²) in [7, 11) is 0. The second kappa shape index (κ2) is 5.92. The van der Waals surface area contributed by atoms with Gasteiger partial charge in [0.05, 0.1) is 10.3 Å². The summed E-state index contributed by atoms with van der Waals surface area (Å²) in [5.41, 5.74) is 2.05. The molecule has 0 spiro atoms.